The van der Waals surface area contributed by atoms with Crippen molar-refractivity contribution in [3.63, 3.8) is 0 Å². The molecule has 2 aromatic rings. The van der Waals surface area contributed by atoms with Crippen molar-refractivity contribution in [2.24, 2.45) is 5.73 Å². The Bertz CT molecular complexity index is 614. The van der Waals surface area contributed by atoms with E-state index in [0.717, 1.165) is 18.2 Å². The molecule has 5 heteroatoms. The number of halogens is 2. The zero-order valence-electron chi connectivity index (χ0n) is 9.99. The summed E-state index contributed by atoms with van der Waals surface area (Å²) in [4.78, 5) is 0. The second kappa shape index (κ2) is 5.48. The summed E-state index contributed by atoms with van der Waals surface area (Å²) in [5.41, 5.74) is 6.00. The Morgan fingerprint density at radius 2 is 1.95 bits per heavy atom. The summed E-state index contributed by atoms with van der Waals surface area (Å²) in [5, 5.41) is 7.30. The van der Waals surface area contributed by atoms with E-state index in [2.05, 4.69) is 0 Å². The highest BCUT2D eigenvalue weighted by Gasteiger charge is 2.05. The molecule has 0 aliphatic heterocycles. The number of benzene rings is 2. The Morgan fingerprint density at radius 1 is 1.16 bits per heavy atom. The van der Waals surface area contributed by atoms with Gasteiger partial charge in [0.25, 0.3) is 0 Å². The third-order valence-electron chi connectivity index (χ3n) is 2.55. The fraction of sp³-hybridized carbons (Fsp3) is 0.0714. The molecule has 0 bridgehead atoms. The topological polar surface area (TPSA) is 59.1 Å². The Hall–Kier alpha value is -2.43. The molecule has 3 N–H and O–H groups in total. The van der Waals surface area contributed by atoms with Gasteiger partial charge in [0.2, 0.25) is 0 Å². The normalized spacial score (nSPS) is 10.2. The summed E-state index contributed by atoms with van der Waals surface area (Å²) in [6.07, 6.45) is 0. The molecule has 98 valence electrons. The average Bonchev–Trinajstić information content (AvgIpc) is 2.40. The van der Waals surface area contributed by atoms with E-state index in [4.69, 9.17) is 15.9 Å². The molecule has 0 unspecified atom stereocenters. The van der Waals surface area contributed by atoms with Gasteiger partial charge in [-0.05, 0) is 30.3 Å². The number of nitrogen functional groups attached to an aromatic ring is 1. The van der Waals surface area contributed by atoms with Crippen molar-refractivity contribution < 1.29 is 13.5 Å². The van der Waals surface area contributed by atoms with Crippen molar-refractivity contribution in [2.45, 2.75) is 6.61 Å². The lowest BCUT2D eigenvalue weighted by Gasteiger charge is -2.08. The molecule has 0 amide bonds. The van der Waals surface area contributed by atoms with Gasteiger partial charge < -0.3 is 10.5 Å². The summed E-state index contributed by atoms with van der Waals surface area (Å²) >= 11 is 0. The summed E-state index contributed by atoms with van der Waals surface area (Å²) in [6, 6.07) is 9.76. The molecule has 2 rings (SSSR count). The molecule has 0 aromatic heterocycles. The van der Waals surface area contributed by atoms with Crippen LogP contribution in [0.1, 0.15) is 11.1 Å². The Balaban J connectivity index is 2.12. The number of hydrogen-bond acceptors (Lipinski definition) is 2. The quantitative estimate of drug-likeness (QED) is 0.657. The second-order valence-electron chi connectivity index (χ2n) is 3.97. The summed E-state index contributed by atoms with van der Waals surface area (Å²) in [6.45, 7) is -0.0923. The molecular formula is C14H12F2N2O. The molecule has 0 spiro atoms. The van der Waals surface area contributed by atoms with Crippen LogP contribution in [0, 0.1) is 17.0 Å². The molecule has 2 aromatic carbocycles. The summed E-state index contributed by atoms with van der Waals surface area (Å²) in [7, 11) is 0. The maximum Gasteiger partial charge on any atom is 0.130 e. The lowest BCUT2D eigenvalue weighted by molar-refractivity contribution is 0.299. The van der Waals surface area contributed by atoms with E-state index in [1.54, 1.807) is 24.3 Å². The Labute approximate surface area is 109 Å². The highest BCUT2D eigenvalue weighted by molar-refractivity contribution is 5.95. The first-order valence-electron chi connectivity index (χ1n) is 5.57. The lowest BCUT2D eigenvalue weighted by atomic mass is 10.2. The third kappa shape index (κ3) is 3.28. The molecule has 0 saturated heterocycles. The summed E-state index contributed by atoms with van der Waals surface area (Å²) in [5.74, 6) is -0.680. The Kier molecular flexibility index (Phi) is 3.75. The first-order valence-corrected chi connectivity index (χ1v) is 5.57. The highest BCUT2D eigenvalue weighted by Crippen LogP contribution is 2.16. The van der Waals surface area contributed by atoms with Gasteiger partial charge >= 0.3 is 0 Å². The number of nitrogens with two attached hydrogens (primary N) is 1. The Morgan fingerprint density at radius 3 is 2.68 bits per heavy atom. The monoisotopic (exact) mass is 262 g/mol. The molecule has 0 aliphatic rings. The van der Waals surface area contributed by atoms with Crippen LogP contribution in [0.5, 0.6) is 5.75 Å². The van der Waals surface area contributed by atoms with E-state index >= 15 is 0 Å². The predicted molar refractivity (Wildman–Crippen MR) is 68.1 cm³/mol. The van der Waals surface area contributed by atoms with Crippen LogP contribution in [0.15, 0.2) is 42.5 Å². The molecule has 19 heavy (non-hydrogen) atoms. The molecule has 3 nitrogen and oxygen atoms in total. The van der Waals surface area contributed by atoms with Crippen LogP contribution in [-0.2, 0) is 6.61 Å². The molecule has 0 saturated carbocycles. The van der Waals surface area contributed by atoms with Crippen molar-refractivity contribution in [3.8, 4) is 5.75 Å². The molecule has 0 heterocycles. The number of rotatable bonds is 4. The molecule has 0 radical (unpaired) electrons. The molecular weight excluding hydrogens is 250 g/mol. The minimum absolute atomic E-state index is 0.0811. The fourth-order valence-electron chi connectivity index (χ4n) is 1.57. The lowest BCUT2D eigenvalue weighted by Crippen LogP contribution is -2.11. The van der Waals surface area contributed by atoms with Gasteiger partial charge in [-0.1, -0.05) is 12.1 Å². The standard InChI is InChI=1S/C14H12F2N2O/c15-11-4-5-13(16)10(6-11)8-19-12-3-1-2-9(7-12)14(17)18/h1-7H,8H2,(H3,17,18). The smallest absolute Gasteiger partial charge is 0.130 e. The maximum absolute atomic E-state index is 13.4. The van der Waals surface area contributed by atoms with Crippen molar-refractivity contribution in [1.29, 1.82) is 5.41 Å². The fourth-order valence-corrected chi connectivity index (χ4v) is 1.57. The van der Waals surface area contributed by atoms with Gasteiger partial charge in [-0.2, -0.15) is 0 Å². The van der Waals surface area contributed by atoms with E-state index in [0.29, 0.717) is 11.3 Å². The van der Waals surface area contributed by atoms with Gasteiger partial charge in [0, 0.05) is 11.1 Å². The van der Waals surface area contributed by atoms with Gasteiger partial charge in [0.05, 0.1) is 0 Å². The van der Waals surface area contributed by atoms with Crippen molar-refractivity contribution >= 4 is 5.84 Å². The number of nitrogens with one attached hydrogen (secondary N) is 1. The van der Waals surface area contributed by atoms with Crippen LogP contribution in [0.3, 0.4) is 0 Å². The molecule has 0 fully saturated rings. The second-order valence-corrected chi connectivity index (χ2v) is 3.97. The van der Waals surface area contributed by atoms with Crippen LogP contribution in [0.2, 0.25) is 0 Å². The van der Waals surface area contributed by atoms with Crippen molar-refractivity contribution in [3.05, 3.63) is 65.2 Å². The maximum atomic E-state index is 13.4. The van der Waals surface area contributed by atoms with Gasteiger partial charge in [-0.25, -0.2) is 8.78 Å². The zero-order valence-corrected chi connectivity index (χ0v) is 9.99. The van der Waals surface area contributed by atoms with Crippen molar-refractivity contribution in [2.75, 3.05) is 0 Å². The third-order valence-corrected chi connectivity index (χ3v) is 2.55. The van der Waals surface area contributed by atoms with Gasteiger partial charge in [-0.15, -0.1) is 0 Å². The first kappa shape index (κ1) is 13.0. The van der Waals surface area contributed by atoms with Crippen LogP contribution in [0.4, 0.5) is 8.78 Å². The minimum Gasteiger partial charge on any atom is -0.489 e. The van der Waals surface area contributed by atoms with Crippen LogP contribution in [-0.4, -0.2) is 5.84 Å². The van der Waals surface area contributed by atoms with E-state index in [1.807, 2.05) is 0 Å². The number of hydrogen-bond donors (Lipinski definition) is 2. The first-order chi connectivity index (χ1) is 9.06. The average molecular weight is 262 g/mol. The van der Waals surface area contributed by atoms with E-state index in [-0.39, 0.29) is 18.0 Å². The van der Waals surface area contributed by atoms with E-state index in [9.17, 15) is 8.78 Å². The van der Waals surface area contributed by atoms with Crippen LogP contribution < -0.4 is 10.5 Å². The SMILES string of the molecule is N=C(N)c1cccc(OCc2cc(F)ccc2F)c1. The predicted octanol–water partition coefficient (Wildman–Crippen LogP) is 2.83. The van der Waals surface area contributed by atoms with Gasteiger partial charge in [-0.3, -0.25) is 5.41 Å². The molecule has 0 aliphatic carbocycles. The highest BCUT2D eigenvalue weighted by atomic mass is 19.1. The van der Waals surface area contributed by atoms with Crippen LogP contribution in [0.25, 0.3) is 0 Å². The number of ether oxygens (including phenoxy) is 1. The number of amidine groups is 1. The molecule has 0 atom stereocenters. The van der Waals surface area contributed by atoms with Crippen molar-refractivity contribution in [1.82, 2.24) is 0 Å². The largest absolute Gasteiger partial charge is 0.489 e. The van der Waals surface area contributed by atoms with E-state index < -0.39 is 11.6 Å². The summed E-state index contributed by atoms with van der Waals surface area (Å²) < 4.78 is 31.7. The van der Waals surface area contributed by atoms with E-state index in [1.165, 1.54) is 0 Å². The zero-order chi connectivity index (χ0) is 13.8. The van der Waals surface area contributed by atoms with Gasteiger partial charge in [0.1, 0.15) is 29.8 Å². The van der Waals surface area contributed by atoms with Gasteiger partial charge in [0.15, 0.2) is 0 Å². The van der Waals surface area contributed by atoms with Crippen LogP contribution >= 0.6 is 0 Å². The minimum atomic E-state index is -0.524.